The molecule has 1 aromatic carbocycles. The van der Waals surface area contributed by atoms with Gasteiger partial charge in [0.05, 0.1) is 6.54 Å². The van der Waals surface area contributed by atoms with Crippen LogP contribution >= 0.6 is 0 Å². The summed E-state index contributed by atoms with van der Waals surface area (Å²) in [4.78, 5) is 27.2. The second-order valence-corrected chi connectivity index (χ2v) is 5.85. The third-order valence-electron chi connectivity index (χ3n) is 4.22. The van der Waals surface area contributed by atoms with Crippen LogP contribution in [0.1, 0.15) is 5.56 Å². The molecule has 23 heavy (non-hydrogen) atoms. The lowest BCUT2D eigenvalue weighted by Gasteiger charge is -2.33. The highest BCUT2D eigenvalue weighted by Crippen LogP contribution is 2.22. The zero-order valence-corrected chi connectivity index (χ0v) is 12.9. The van der Waals surface area contributed by atoms with Crippen LogP contribution in [0, 0.1) is 0 Å². The number of piperazine rings is 1. The van der Waals surface area contributed by atoms with Gasteiger partial charge in [0.15, 0.2) is 0 Å². The number of aliphatic carboxylic acids is 1. The molecule has 2 heterocycles. The fraction of sp³-hybridized carbons (Fsp3) is 0.500. The molecule has 1 fully saturated rings. The number of nitrogens with zero attached hydrogens (tertiary/aromatic N) is 2. The topological polar surface area (TPSA) is 82.1 Å². The number of hydrogen-bond donors (Lipinski definition) is 2. The van der Waals surface area contributed by atoms with Gasteiger partial charge >= 0.3 is 5.97 Å². The lowest BCUT2D eigenvalue weighted by molar-refractivity contribution is -0.143. The number of carbonyl (C=O) groups excluding carboxylic acids is 1. The second kappa shape index (κ2) is 6.97. The highest BCUT2D eigenvalue weighted by atomic mass is 16.5. The Bertz CT molecular complexity index is 592. The summed E-state index contributed by atoms with van der Waals surface area (Å²) in [6, 6.07) is 7.16. The van der Waals surface area contributed by atoms with Gasteiger partial charge in [-0.05, 0) is 6.07 Å². The molecule has 1 atom stereocenters. The van der Waals surface area contributed by atoms with Crippen LogP contribution in [-0.2, 0) is 16.1 Å². The minimum Gasteiger partial charge on any atom is -0.492 e. The Morgan fingerprint density at radius 1 is 1.30 bits per heavy atom. The third kappa shape index (κ3) is 3.80. The predicted octanol–water partition coefficient (Wildman–Crippen LogP) is -0.234. The van der Waals surface area contributed by atoms with Crippen molar-refractivity contribution in [3.63, 3.8) is 0 Å². The van der Waals surface area contributed by atoms with Crippen molar-refractivity contribution in [2.24, 2.45) is 0 Å². The van der Waals surface area contributed by atoms with Crippen LogP contribution in [0.5, 0.6) is 5.75 Å². The van der Waals surface area contributed by atoms with E-state index in [1.165, 1.54) is 0 Å². The second-order valence-electron chi connectivity index (χ2n) is 5.85. The normalized spacial score (nSPS) is 21.9. The molecule has 0 bridgehead atoms. The number of amides is 1. The zero-order valence-electron chi connectivity index (χ0n) is 12.9. The van der Waals surface area contributed by atoms with E-state index in [9.17, 15) is 9.59 Å². The Hall–Kier alpha value is -2.12. The minimum atomic E-state index is -0.917. The lowest BCUT2D eigenvalue weighted by atomic mass is 10.2. The summed E-state index contributed by atoms with van der Waals surface area (Å²) < 4.78 is 5.70. The van der Waals surface area contributed by atoms with Crippen LogP contribution in [-0.4, -0.2) is 72.2 Å². The molecule has 1 amide bonds. The van der Waals surface area contributed by atoms with Gasteiger partial charge < -0.3 is 20.1 Å². The Morgan fingerprint density at radius 3 is 2.96 bits per heavy atom. The number of para-hydroxylation sites is 1. The molecule has 2 aliphatic rings. The molecule has 7 nitrogen and oxygen atoms in total. The smallest absolute Gasteiger partial charge is 0.322 e. The van der Waals surface area contributed by atoms with Gasteiger partial charge in [0.2, 0.25) is 5.91 Å². The van der Waals surface area contributed by atoms with E-state index in [0.29, 0.717) is 32.8 Å². The van der Waals surface area contributed by atoms with Gasteiger partial charge in [0.25, 0.3) is 0 Å². The van der Waals surface area contributed by atoms with E-state index in [-0.39, 0.29) is 19.0 Å². The number of nitrogens with one attached hydrogen (secondary N) is 1. The molecule has 0 aliphatic carbocycles. The molecule has 1 saturated heterocycles. The average molecular weight is 319 g/mol. The first-order valence-electron chi connectivity index (χ1n) is 7.80. The largest absolute Gasteiger partial charge is 0.492 e. The number of fused-ring (bicyclic) bond motifs is 1. The molecule has 3 rings (SSSR count). The first-order valence-corrected chi connectivity index (χ1v) is 7.80. The van der Waals surface area contributed by atoms with Crippen LogP contribution in [0.15, 0.2) is 24.3 Å². The van der Waals surface area contributed by atoms with Gasteiger partial charge in [-0.2, -0.15) is 0 Å². The summed E-state index contributed by atoms with van der Waals surface area (Å²) in [7, 11) is 0. The molecular weight excluding hydrogens is 298 g/mol. The monoisotopic (exact) mass is 319 g/mol. The molecule has 1 aromatic rings. The van der Waals surface area contributed by atoms with Crippen LogP contribution in [0.25, 0.3) is 0 Å². The van der Waals surface area contributed by atoms with E-state index in [2.05, 4.69) is 5.32 Å². The quantitative estimate of drug-likeness (QED) is 0.801. The Labute approximate surface area is 134 Å². The van der Waals surface area contributed by atoms with Crippen molar-refractivity contribution < 1.29 is 19.4 Å². The summed E-state index contributed by atoms with van der Waals surface area (Å²) in [5, 5.41) is 12.0. The fourth-order valence-corrected chi connectivity index (χ4v) is 2.95. The molecule has 7 heteroatoms. The van der Waals surface area contributed by atoms with Gasteiger partial charge in [0, 0.05) is 38.3 Å². The van der Waals surface area contributed by atoms with E-state index in [0.717, 1.165) is 11.3 Å². The number of carboxylic acid groups (broad SMARTS) is 1. The van der Waals surface area contributed by atoms with E-state index in [1.807, 2.05) is 29.2 Å². The summed E-state index contributed by atoms with van der Waals surface area (Å²) in [6.45, 7) is 3.44. The Morgan fingerprint density at radius 2 is 2.13 bits per heavy atom. The molecule has 2 aliphatic heterocycles. The number of carbonyl (C=O) groups is 2. The number of rotatable bonds is 3. The zero-order chi connectivity index (χ0) is 16.2. The van der Waals surface area contributed by atoms with E-state index in [1.54, 1.807) is 4.90 Å². The van der Waals surface area contributed by atoms with Crippen molar-refractivity contribution >= 4 is 11.9 Å². The number of carboxylic acids is 1. The van der Waals surface area contributed by atoms with Crippen molar-refractivity contribution in [2.75, 3.05) is 39.3 Å². The van der Waals surface area contributed by atoms with Crippen LogP contribution in [0.3, 0.4) is 0 Å². The van der Waals surface area contributed by atoms with Gasteiger partial charge in [-0.1, -0.05) is 18.2 Å². The Balaban J connectivity index is 1.60. The van der Waals surface area contributed by atoms with Crippen molar-refractivity contribution in [1.29, 1.82) is 0 Å². The minimum absolute atomic E-state index is 0.0304. The molecule has 0 spiro atoms. The molecule has 0 saturated carbocycles. The van der Waals surface area contributed by atoms with Crippen molar-refractivity contribution in [3.05, 3.63) is 29.8 Å². The molecule has 0 radical (unpaired) electrons. The van der Waals surface area contributed by atoms with Crippen molar-refractivity contribution in [1.82, 2.24) is 15.1 Å². The highest BCUT2D eigenvalue weighted by molar-refractivity contribution is 5.80. The van der Waals surface area contributed by atoms with Gasteiger partial charge in [0.1, 0.15) is 18.4 Å². The van der Waals surface area contributed by atoms with Gasteiger partial charge in [-0.3, -0.25) is 14.5 Å². The third-order valence-corrected chi connectivity index (χ3v) is 4.22. The predicted molar refractivity (Wildman–Crippen MR) is 83.2 cm³/mol. The van der Waals surface area contributed by atoms with E-state index >= 15 is 0 Å². The fourth-order valence-electron chi connectivity index (χ4n) is 2.95. The van der Waals surface area contributed by atoms with E-state index < -0.39 is 12.0 Å². The average Bonchev–Trinajstić information content (AvgIpc) is 2.76. The summed E-state index contributed by atoms with van der Waals surface area (Å²) in [6.07, 6.45) is 0. The van der Waals surface area contributed by atoms with Crippen molar-refractivity contribution in [2.45, 2.75) is 12.6 Å². The van der Waals surface area contributed by atoms with Crippen LogP contribution in [0.2, 0.25) is 0 Å². The summed E-state index contributed by atoms with van der Waals surface area (Å²) in [5.74, 6) is -0.0766. The van der Waals surface area contributed by atoms with Crippen LogP contribution in [0.4, 0.5) is 0 Å². The van der Waals surface area contributed by atoms with Gasteiger partial charge in [-0.15, -0.1) is 0 Å². The highest BCUT2D eigenvalue weighted by Gasteiger charge is 2.28. The number of ether oxygens (including phenoxy) is 1. The maximum atomic E-state index is 12.5. The lowest BCUT2D eigenvalue weighted by Crippen LogP contribution is -2.57. The standard InChI is InChI=1S/C16H21N3O4/c20-15(19-6-5-17-13(10-19)16(21)22)11-18-7-8-23-14-4-2-1-3-12(14)9-18/h1-4,13,17H,5-11H2,(H,21,22)/t13-/m0/s1. The van der Waals surface area contributed by atoms with Gasteiger partial charge in [-0.25, -0.2) is 0 Å². The Kier molecular flexibility index (Phi) is 4.78. The summed E-state index contributed by atoms with van der Waals surface area (Å²) >= 11 is 0. The molecule has 124 valence electrons. The maximum Gasteiger partial charge on any atom is 0.322 e. The van der Waals surface area contributed by atoms with Crippen LogP contribution < -0.4 is 10.1 Å². The molecular formula is C16H21N3O4. The maximum absolute atomic E-state index is 12.5. The first kappa shape index (κ1) is 15.8. The van der Waals surface area contributed by atoms with E-state index in [4.69, 9.17) is 9.84 Å². The first-order chi connectivity index (χ1) is 11.1. The van der Waals surface area contributed by atoms with Crippen molar-refractivity contribution in [3.8, 4) is 5.75 Å². The number of hydrogen-bond acceptors (Lipinski definition) is 5. The number of benzene rings is 1. The summed E-state index contributed by atoms with van der Waals surface area (Å²) in [5.41, 5.74) is 1.07. The molecule has 0 aromatic heterocycles. The molecule has 2 N–H and O–H groups in total. The SMILES string of the molecule is O=C(O)[C@@H]1CN(C(=O)CN2CCOc3ccccc3C2)CCN1. The molecule has 0 unspecified atom stereocenters.